The lowest BCUT2D eigenvalue weighted by Crippen LogP contribution is -2.49. The lowest BCUT2D eigenvalue weighted by Gasteiger charge is -2.35. The topological polar surface area (TPSA) is 125 Å². The summed E-state index contributed by atoms with van der Waals surface area (Å²) in [6.07, 6.45) is 2.64. The molecule has 2 amide bonds. The number of fused-ring (bicyclic) bond motifs is 1. The van der Waals surface area contributed by atoms with Gasteiger partial charge in [0, 0.05) is 32.4 Å². The van der Waals surface area contributed by atoms with Gasteiger partial charge in [-0.2, -0.15) is 0 Å². The number of anilines is 1. The molecule has 1 N–H and O–H groups in total. The molecule has 4 heterocycles. The van der Waals surface area contributed by atoms with Crippen LogP contribution in [0.25, 0.3) is 11.7 Å². The van der Waals surface area contributed by atoms with Crippen LogP contribution < -0.4 is 10.5 Å². The van der Waals surface area contributed by atoms with Crippen molar-refractivity contribution in [3.8, 4) is 0 Å². The lowest BCUT2D eigenvalue weighted by atomic mass is 10.2. The van der Waals surface area contributed by atoms with Gasteiger partial charge in [-0.1, -0.05) is 30.0 Å². The number of hydrogen-bond donors (Lipinski definition) is 1. The molecule has 2 aromatic heterocycles. The smallest absolute Gasteiger partial charge is 0.409 e. The number of piperazine rings is 1. The molecule has 0 spiro atoms. The first kappa shape index (κ1) is 24.7. The predicted molar refractivity (Wildman–Crippen MR) is 135 cm³/mol. The minimum Gasteiger partial charge on any atom is -0.480 e. The molecular weight excluding hydrogens is 494 g/mol. The highest BCUT2D eigenvalue weighted by atomic mass is 32.2. The summed E-state index contributed by atoms with van der Waals surface area (Å²) in [6, 6.07) is 3.58. The predicted octanol–water partition coefficient (Wildman–Crippen LogP) is 1.57. The van der Waals surface area contributed by atoms with Crippen molar-refractivity contribution in [3.63, 3.8) is 0 Å². The number of hydrogen-bond acceptors (Lipinski definition) is 9. The molecule has 2 aromatic rings. The van der Waals surface area contributed by atoms with E-state index in [0.29, 0.717) is 37.6 Å². The normalized spacial score (nSPS) is 17.5. The molecule has 184 valence electrons. The first-order valence-corrected chi connectivity index (χ1v) is 12.1. The zero-order valence-corrected chi connectivity index (χ0v) is 20.7. The van der Waals surface area contributed by atoms with E-state index in [-0.39, 0.29) is 27.0 Å². The Hall–Kier alpha value is -3.45. The van der Waals surface area contributed by atoms with Gasteiger partial charge in [-0.3, -0.25) is 23.7 Å². The zero-order valence-electron chi connectivity index (χ0n) is 19.1. The molecule has 2 fully saturated rings. The van der Waals surface area contributed by atoms with Crippen LogP contribution in [0.5, 0.6) is 0 Å². The first-order valence-electron chi connectivity index (χ1n) is 10.9. The number of carbonyl (C=O) groups is 3. The van der Waals surface area contributed by atoms with Gasteiger partial charge in [-0.25, -0.2) is 9.78 Å². The third-order valence-corrected chi connectivity index (χ3v) is 6.99. The van der Waals surface area contributed by atoms with E-state index in [0.717, 1.165) is 22.2 Å². The summed E-state index contributed by atoms with van der Waals surface area (Å²) in [4.78, 5) is 59.0. The Morgan fingerprint density at radius 3 is 2.63 bits per heavy atom. The standard InChI is InChI=1S/C22H23N5O6S2/c1-3-33-21(32)25-9-7-24(8-10-25)18-14(19(30)26-6-4-5-13(2)17(26)23-18)11-15-20(31)27(12-16(28)29)22(34)35-15/h4-6,11H,3,7-10,12H2,1-2H3,(H,28,29)/b15-11-. The molecule has 2 aliphatic heterocycles. The molecule has 2 aliphatic rings. The molecule has 2 saturated heterocycles. The summed E-state index contributed by atoms with van der Waals surface area (Å²) in [5, 5.41) is 9.09. The van der Waals surface area contributed by atoms with E-state index in [1.54, 1.807) is 24.1 Å². The van der Waals surface area contributed by atoms with Gasteiger partial charge in [0.2, 0.25) is 0 Å². The molecule has 0 bridgehead atoms. The van der Waals surface area contributed by atoms with Gasteiger partial charge < -0.3 is 19.6 Å². The van der Waals surface area contributed by atoms with E-state index < -0.39 is 24.5 Å². The molecule has 35 heavy (non-hydrogen) atoms. The molecular formula is C22H23N5O6S2. The van der Waals surface area contributed by atoms with E-state index in [1.807, 2.05) is 17.9 Å². The van der Waals surface area contributed by atoms with Crippen LogP contribution in [-0.4, -0.2) is 85.9 Å². The van der Waals surface area contributed by atoms with Crippen LogP contribution in [0, 0.1) is 6.92 Å². The third-order valence-electron chi connectivity index (χ3n) is 5.61. The number of nitrogens with zero attached hydrogens (tertiary/aromatic N) is 5. The Morgan fingerprint density at radius 2 is 1.97 bits per heavy atom. The molecule has 4 rings (SSSR count). The van der Waals surface area contributed by atoms with Crippen LogP contribution >= 0.6 is 24.0 Å². The maximum absolute atomic E-state index is 13.5. The van der Waals surface area contributed by atoms with Crippen molar-refractivity contribution in [2.45, 2.75) is 13.8 Å². The summed E-state index contributed by atoms with van der Waals surface area (Å²) < 4.78 is 6.60. The van der Waals surface area contributed by atoms with Crippen molar-refractivity contribution in [1.29, 1.82) is 0 Å². The molecule has 13 heteroatoms. The van der Waals surface area contributed by atoms with Gasteiger partial charge in [-0.15, -0.1) is 0 Å². The van der Waals surface area contributed by atoms with E-state index in [4.69, 9.17) is 27.0 Å². The van der Waals surface area contributed by atoms with Gasteiger partial charge >= 0.3 is 12.1 Å². The average Bonchev–Trinajstić information content (AvgIpc) is 3.08. The molecule has 0 aliphatic carbocycles. The Balaban J connectivity index is 1.76. The van der Waals surface area contributed by atoms with Gasteiger partial charge in [0.05, 0.1) is 17.1 Å². The summed E-state index contributed by atoms with van der Waals surface area (Å²) >= 11 is 6.12. The van der Waals surface area contributed by atoms with Crippen LogP contribution in [0.4, 0.5) is 10.6 Å². The maximum Gasteiger partial charge on any atom is 0.409 e. The molecule has 0 saturated carbocycles. The number of carboxylic acids is 1. The first-order chi connectivity index (χ1) is 16.7. The van der Waals surface area contributed by atoms with Crippen LogP contribution in [0.2, 0.25) is 0 Å². The van der Waals surface area contributed by atoms with Crippen molar-refractivity contribution < 1.29 is 24.2 Å². The summed E-state index contributed by atoms with van der Waals surface area (Å²) in [5.74, 6) is -1.38. The number of thioether (sulfide) groups is 1. The Morgan fingerprint density at radius 1 is 1.26 bits per heavy atom. The molecule has 0 atom stereocenters. The zero-order chi connectivity index (χ0) is 25.3. The van der Waals surface area contributed by atoms with Crippen molar-refractivity contribution in [2.75, 3.05) is 44.2 Å². The monoisotopic (exact) mass is 517 g/mol. The van der Waals surface area contributed by atoms with Crippen molar-refractivity contribution >= 4 is 63.8 Å². The summed E-state index contributed by atoms with van der Waals surface area (Å²) in [5.41, 5.74) is 1.10. The van der Waals surface area contributed by atoms with Crippen LogP contribution in [0.15, 0.2) is 28.0 Å². The van der Waals surface area contributed by atoms with E-state index in [1.165, 1.54) is 10.5 Å². The van der Waals surface area contributed by atoms with Gasteiger partial charge in [0.15, 0.2) is 0 Å². The minimum absolute atomic E-state index is 0.109. The number of aryl methyl sites for hydroxylation is 1. The Bertz CT molecular complexity index is 1320. The SMILES string of the molecule is CCOC(=O)N1CCN(c2nc3c(C)cccn3c(=O)c2/C=C2\SC(=S)N(CC(=O)O)C2=O)CC1. The average molecular weight is 518 g/mol. The molecule has 11 nitrogen and oxygen atoms in total. The highest BCUT2D eigenvalue weighted by molar-refractivity contribution is 8.26. The van der Waals surface area contributed by atoms with Crippen LogP contribution in [-0.2, 0) is 14.3 Å². The Labute approximate surface area is 210 Å². The summed E-state index contributed by atoms with van der Waals surface area (Å²) in [6.45, 7) is 4.91. The number of pyridine rings is 1. The van der Waals surface area contributed by atoms with Crippen LogP contribution in [0.1, 0.15) is 18.1 Å². The minimum atomic E-state index is -1.19. The van der Waals surface area contributed by atoms with Crippen molar-refractivity contribution in [1.82, 2.24) is 19.2 Å². The fraction of sp³-hybridized carbons (Fsp3) is 0.364. The van der Waals surface area contributed by atoms with E-state index >= 15 is 0 Å². The number of aromatic nitrogens is 2. The molecule has 0 aromatic carbocycles. The number of amides is 2. The number of carbonyl (C=O) groups excluding carboxylic acids is 2. The Kier molecular flexibility index (Phi) is 7.08. The highest BCUT2D eigenvalue weighted by Crippen LogP contribution is 2.33. The van der Waals surface area contributed by atoms with Crippen LogP contribution in [0.3, 0.4) is 0 Å². The molecule has 0 unspecified atom stereocenters. The number of thiocarbonyl (C=S) groups is 1. The maximum atomic E-state index is 13.5. The number of aliphatic carboxylic acids is 1. The lowest BCUT2D eigenvalue weighted by molar-refractivity contribution is -0.140. The number of rotatable bonds is 5. The fourth-order valence-electron chi connectivity index (χ4n) is 3.89. The summed E-state index contributed by atoms with van der Waals surface area (Å²) in [7, 11) is 0. The van der Waals surface area contributed by atoms with Crippen molar-refractivity contribution in [3.05, 3.63) is 44.7 Å². The van der Waals surface area contributed by atoms with E-state index in [2.05, 4.69) is 0 Å². The van der Waals surface area contributed by atoms with E-state index in [9.17, 15) is 19.2 Å². The quantitative estimate of drug-likeness (QED) is 0.461. The molecule has 0 radical (unpaired) electrons. The van der Waals surface area contributed by atoms with Gasteiger partial charge in [-0.05, 0) is 31.6 Å². The second-order valence-electron chi connectivity index (χ2n) is 7.87. The second kappa shape index (κ2) is 10.0. The van der Waals surface area contributed by atoms with Gasteiger partial charge in [0.1, 0.15) is 22.3 Å². The third kappa shape index (κ3) is 4.86. The second-order valence-corrected chi connectivity index (χ2v) is 9.55. The largest absolute Gasteiger partial charge is 0.480 e. The number of ether oxygens (including phenoxy) is 1. The highest BCUT2D eigenvalue weighted by Gasteiger charge is 2.34. The fourth-order valence-corrected chi connectivity index (χ4v) is 5.12. The number of carboxylic acid groups (broad SMARTS) is 1. The van der Waals surface area contributed by atoms with Crippen molar-refractivity contribution in [2.24, 2.45) is 0 Å². The van der Waals surface area contributed by atoms with Gasteiger partial charge in [0.25, 0.3) is 11.5 Å².